The van der Waals surface area contributed by atoms with Crippen LogP contribution in [0.1, 0.15) is 26.7 Å². The molecule has 0 saturated carbocycles. The summed E-state index contributed by atoms with van der Waals surface area (Å²) in [6.45, 7) is 4.52. The predicted octanol–water partition coefficient (Wildman–Crippen LogP) is 2.62. The van der Waals surface area contributed by atoms with Crippen LogP contribution in [-0.4, -0.2) is 9.52 Å². The molecular weight excluding hydrogens is 172 g/mol. The fourth-order valence-corrected chi connectivity index (χ4v) is 3.91. The summed E-state index contributed by atoms with van der Waals surface area (Å²) in [5, 5.41) is 3.46. The van der Waals surface area contributed by atoms with Crippen molar-refractivity contribution < 1.29 is 0 Å². The highest BCUT2D eigenvalue weighted by atomic mass is 28.2. The molecule has 0 N–H and O–H groups in total. The van der Waals surface area contributed by atoms with Crippen molar-refractivity contribution in [3.8, 4) is 0 Å². The fraction of sp³-hybridized carbons (Fsp3) is 0.333. The van der Waals surface area contributed by atoms with E-state index in [-0.39, 0.29) is 9.52 Å². The summed E-state index contributed by atoms with van der Waals surface area (Å²) in [4.78, 5) is 0. The summed E-state index contributed by atoms with van der Waals surface area (Å²) in [5.74, 6) is 0. The third-order valence-corrected chi connectivity index (χ3v) is 5.29. The average Bonchev–Trinajstić information content (AvgIpc) is 2.71. The second-order valence-electron chi connectivity index (χ2n) is 3.95. The molecule has 0 radical (unpaired) electrons. The molecule has 0 atom stereocenters. The van der Waals surface area contributed by atoms with Gasteiger partial charge in [0.15, 0.2) is 0 Å². The minimum atomic E-state index is -0.0889. The van der Waals surface area contributed by atoms with Crippen molar-refractivity contribution in [3.05, 3.63) is 45.8 Å². The molecule has 13 heavy (non-hydrogen) atoms. The molecule has 0 fully saturated rings. The summed E-state index contributed by atoms with van der Waals surface area (Å²) in [6.07, 6.45) is 11.6. The van der Waals surface area contributed by atoms with Crippen molar-refractivity contribution in [1.82, 2.24) is 0 Å². The van der Waals surface area contributed by atoms with Gasteiger partial charge in [-0.3, -0.25) is 0 Å². The van der Waals surface area contributed by atoms with E-state index in [2.05, 4.69) is 38.2 Å². The van der Waals surface area contributed by atoms with E-state index in [0.29, 0.717) is 0 Å². The number of allylic oxidation sites excluding steroid dienone is 8. The van der Waals surface area contributed by atoms with Crippen LogP contribution in [0, 0.1) is 0 Å². The third kappa shape index (κ3) is 1.75. The van der Waals surface area contributed by atoms with E-state index in [1.165, 1.54) is 18.4 Å². The van der Waals surface area contributed by atoms with Gasteiger partial charge in [-0.05, 0) is 26.7 Å². The van der Waals surface area contributed by atoms with Crippen LogP contribution in [0.25, 0.3) is 0 Å². The van der Waals surface area contributed by atoms with Gasteiger partial charge in [0.25, 0.3) is 0 Å². The van der Waals surface area contributed by atoms with Crippen molar-refractivity contribution >= 4 is 9.52 Å². The summed E-state index contributed by atoms with van der Waals surface area (Å²) >= 11 is 0. The second kappa shape index (κ2) is 3.50. The molecule has 2 aliphatic carbocycles. The van der Waals surface area contributed by atoms with Gasteiger partial charge in [-0.25, -0.2) is 0 Å². The molecule has 0 bridgehead atoms. The highest BCUT2D eigenvalue weighted by molar-refractivity contribution is 6.54. The Kier molecular flexibility index (Phi) is 2.36. The Morgan fingerprint density at radius 1 is 1.23 bits per heavy atom. The van der Waals surface area contributed by atoms with Crippen molar-refractivity contribution in [3.63, 3.8) is 0 Å². The van der Waals surface area contributed by atoms with Crippen LogP contribution in [0.15, 0.2) is 45.8 Å². The molecule has 1 heteroatoms. The number of rotatable bonds is 2. The molecule has 0 aromatic carbocycles. The standard InChI is InChI=1S/C12H16Si/c1-9-7-8-12(10(9)2)13-11-5-3-4-6-11/h3-5,7H,6,8,13H2,1-2H3. The molecule has 0 aliphatic heterocycles. The molecular formula is C12H16Si. The van der Waals surface area contributed by atoms with Gasteiger partial charge in [0.1, 0.15) is 0 Å². The zero-order chi connectivity index (χ0) is 9.26. The van der Waals surface area contributed by atoms with Crippen LogP contribution in [0.4, 0.5) is 0 Å². The minimum absolute atomic E-state index is 0.0889. The maximum absolute atomic E-state index is 2.38. The Labute approximate surface area is 82.6 Å². The third-order valence-electron chi connectivity index (χ3n) is 3.06. The van der Waals surface area contributed by atoms with Crippen LogP contribution in [0.3, 0.4) is 0 Å². The van der Waals surface area contributed by atoms with Crippen LogP contribution < -0.4 is 0 Å². The number of hydrogen-bond donors (Lipinski definition) is 0. The predicted molar refractivity (Wildman–Crippen MR) is 61.5 cm³/mol. The normalized spacial score (nSPS) is 22.0. The van der Waals surface area contributed by atoms with E-state index >= 15 is 0 Å². The number of hydrogen-bond acceptors (Lipinski definition) is 0. The van der Waals surface area contributed by atoms with Crippen molar-refractivity contribution in [1.29, 1.82) is 0 Å². The molecule has 0 saturated heterocycles. The van der Waals surface area contributed by atoms with E-state index < -0.39 is 0 Å². The molecule has 0 nitrogen and oxygen atoms in total. The van der Waals surface area contributed by atoms with Crippen molar-refractivity contribution in [2.45, 2.75) is 26.7 Å². The van der Waals surface area contributed by atoms with E-state index in [1.807, 2.05) is 0 Å². The van der Waals surface area contributed by atoms with Gasteiger partial charge in [-0.2, -0.15) is 0 Å². The lowest BCUT2D eigenvalue weighted by Crippen LogP contribution is -1.99. The first kappa shape index (κ1) is 8.76. The fourth-order valence-electron chi connectivity index (χ4n) is 1.96. The zero-order valence-electron chi connectivity index (χ0n) is 8.43. The lowest BCUT2D eigenvalue weighted by molar-refractivity contribution is 1.33. The Balaban J connectivity index is 2.05. The smallest absolute Gasteiger partial charge is 0.0785 e. The molecule has 2 aliphatic rings. The summed E-state index contributed by atoms with van der Waals surface area (Å²) < 4.78 is 0. The van der Waals surface area contributed by atoms with Gasteiger partial charge in [-0.15, -0.1) is 0 Å². The lowest BCUT2D eigenvalue weighted by Gasteiger charge is -2.04. The highest BCUT2D eigenvalue weighted by Crippen LogP contribution is 2.26. The molecule has 2 rings (SSSR count). The summed E-state index contributed by atoms with van der Waals surface area (Å²) in [5.41, 5.74) is 3.09. The first-order valence-corrected chi connectivity index (χ1v) is 6.39. The lowest BCUT2D eigenvalue weighted by atomic mass is 10.2. The Bertz CT molecular complexity index is 340. The summed E-state index contributed by atoms with van der Waals surface area (Å²) in [7, 11) is -0.0889. The minimum Gasteiger partial charge on any atom is -0.0809 e. The topological polar surface area (TPSA) is 0 Å². The monoisotopic (exact) mass is 188 g/mol. The maximum Gasteiger partial charge on any atom is 0.0785 e. The maximum atomic E-state index is 2.38. The van der Waals surface area contributed by atoms with Crippen LogP contribution in [0.5, 0.6) is 0 Å². The largest absolute Gasteiger partial charge is 0.0809 e. The average molecular weight is 188 g/mol. The van der Waals surface area contributed by atoms with E-state index in [0.717, 1.165) is 0 Å². The van der Waals surface area contributed by atoms with Gasteiger partial charge in [0.05, 0.1) is 9.52 Å². The van der Waals surface area contributed by atoms with Gasteiger partial charge in [0.2, 0.25) is 0 Å². The molecule has 0 spiro atoms. The van der Waals surface area contributed by atoms with E-state index in [4.69, 9.17) is 0 Å². The first-order chi connectivity index (χ1) is 6.27. The second-order valence-corrected chi connectivity index (χ2v) is 6.07. The molecule has 0 heterocycles. The van der Waals surface area contributed by atoms with Gasteiger partial charge in [0, 0.05) is 0 Å². The highest BCUT2D eigenvalue weighted by Gasteiger charge is 2.12. The zero-order valence-corrected chi connectivity index (χ0v) is 9.84. The van der Waals surface area contributed by atoms with Crippen LogP contribution in [-0.2, 0) is 0 Å². The SMILES string of the molecule is CC1=CCC([SiH2]C2=CC=CC2)=C1C. The molecule has 0 aromatic rings. The van der Waals surface area contributed by atoms with E-state index in [9.17, 15) is 0 Å². The molecule has 68 valence electrons. The van der Waals surface area contributed by atoms with Crippen molar-refractivity contribution in [2.24, 2.45) is 0 Å². The molecule has 0 amide bonds. The van der Waals surface area contributed by atoms with Gasteiger partial charge >= 0.3 is 0 Å². The van der Waals surface area contributed by atoms with Crippen LogP contribution in [0.2, 0.25) is 0 Å². The molecule has 0 aromatic heterocycles. The Morgan fingerprint density at radius 3 is 2.62 bits per heavy atom. The van der Waals surface area contributed by atoms with Gasteiger partial charge in [-0.1, -0.05) is 45.8 Å². The quantitative estimate of drug-likeness (QED) is 0.584. The van der Waals surface area contributed by atoms with Gasteiger partial charge < -0.3 is 0 Å². The Hall–Kier alpha value is -0.823. The van der Waals surface area contributed by atoms with Crippen molar-refractivity contribution in [2.75, 3.05) is 0 Å². The van der Waals surface area contributed by atoms with Crippen LogP contribution >= 0.6 is 0 Å². The van der Waals surface area contributed by atoms with E-state index in [1.54, 1.807) is 16.0 Å². The Morgan fingerprint density at radius 2 is 2.08 bits per heavy atom. The first-order valence-electron chi connectivity index (χ1n) is 4.97. The molecule has 0 unspecified atom stereocenters. The summed E-state index contributed by atoms with van der Waals surface area (Å²) in [6, 6.07) is 0.